The summed E-state index contributed by atoms with van der Waals surface area (Å²) in [6, 6.07) is 41.5. The number of fused-ring (bicyclic) bond motifs is 15. The van der Waals surface area contributed by atoms with Crippen molar-refractivity contribution in [2.45, 2.75) is 6.42 Å². The summed E-state index contributed by atoms with van der Waals surface area (Å²) in [7, 11) is 0. The van der Waals surface area contributed by atoms with Gasteiger partial charge in [-0.2, -0.15) is 0 Å². The smallest absolute Gasteiger partial charge is 0.146 e. The van der Waals surface area contributed by atoms with Gasteiger partial charge in [-0.1, -0.05) is 54.6 Å². The molecule has 4 heteroatoms. The zero-order valence-electron chi connectivity index (χ0n) is 22.0. The van der Waals surface area contributed by atoms with Gasteiger partial charge in [-0.05, 0) is 89.3 Å². The molecule has 0 unspecified atom stereocenters. The maximum absolute atomic E-state index is 5.16. The summed E-state index contributed by atoms with van der Waals surface area (Å²) in [5.74, 6) is 0. The summed E-state index contributed by atoms with van der Waals surface area (Å²) in [4.78, 5) is 10.2. The Kier molecular flexibility index (Phi) is 3.95. The van der Waals surface area contributed by atoms with Crippen molar-refractivity contribution < 1.29 is 0 Å². The van der Waals surface area contributed by atoms with Crippen molar-refractivity contribution in [3.8, 4) is 16.8 Å². The Hall–Kier alpha value is -5.48. The molecule has 0 N–H and O–H groups in total. The lowest BCUT2D eigenvalue weighted by Gasteiger charge is -2.11. The minimum absolute atomic E-state index is 0.957. The Morgan fingerprint density at radius 2 is 1.39 bits per heavy atom. The molecule has 0 spiro atoms. The Bertz CT molecular complexity index is 2550. The van der Waals surface area contributed by atoms with E-state index in [1.807, 2.05) is 12.3 Å². The molecule has 1 aliphatic carbocycles. The van der Waals surface area contributed by atoms with Crippen LogP contribution in [0.2, 0.25) is 0 Å². The van der Waals surface area contributed by atoms with Crippen LogP contribution in [0.5, 0.6) is 0 Å². The van der Waals surface area contributed by atoms with Crippen LogP contribution in [0.3, 0.4) is 0 Å². The standard InChI is InChI=1S/C37H22N4/c1-2-10-24(11-3-1)40-31-17-16-26-35(34(31)28-20-23-19-22-9-4-5-12-25(22)27(23)21-33(28)40)36-32(15-8-18-38-36)41-30-14-7-6-13-29(30)39-37(26)41/h1-18,20-21H,19H2. The fraction of sp³-hybridized carbons (Fsp3) is 0.0270. The summed E-state index contributed by atoms with van der Waals surface area (Å²) in [6.45, 7) is 0. The molecule has 10 rings (SSSR count). The van der Waals surface area contributed by atoms with Crippen LogP contribution in [-0.4, -0.2) is 18.9 Å². The molecule has 4 heterocycles. The Morgan fingerprint density at radius 3 is 2.34 bits per heavy atom. The van der Waals surface area contributed by atoms with Crippen molar-refractivity contribution >= 4 is 60.3 Å². The fourth-order valence-corrected chi connectivity index (χ4v) is 7.25. The zero-order valence-corrected chi connectivity index (χ0v) is 22.0. The lowest BCUT2D eigenvalue weighted by atomic mass is 9.99. The van der Waals surface area contributed by atoms with Crippen LogP contribution in [-0.2, 0) is 6.42 Å². The van der Waals surface area contributed by atoms with Gasteiger partial charge < -0.3 is 4.57 Å². The van der Waals surface area contributed by atoms with Crippen LogP contribution in [0.15, 0.2) is 121 Å². The number of hydrogen-bond donors (Lipinski definition) is 0. The van der Waals surface area contributed by atoms with E-state index in [4.69, 9.17) is 9.97 Å². The molecule has 0 fully saturated rings. The topological polar surface area (TPSA) is 35.1 Å². The van der Waals surface area contributed by atoms with Crippen molar-refractivity contribution in [1.29, 1.82) is 0 Å². The highest BCUT2D eigenvalue weighted by atomic mass is 15.0. The normalized spacial score (nSPS) is 12.8. The van der Waals surface area contributed by atoms with Crippen molar-refractivity contribution in [3.05, 3.63) is 133 Å². The molecule has 0 saturated heterocycles. The quantitative estimate of drug-likeness (QED) is 0.202. The van der Waals surface area contributed by atoms with Gasteiger partial charge in [-0.25, -0.2) is 4.98 Å². The number of para-hydroxylation sites is 3. The van der Waals surface area contributed by atoms with E-state index in [2.05, 4.69) is 118 Å². The van der Waals surface area contributed by atoms with E-state index >= 15 is 0 Å². The van der Waals surface area contributed by atoms with Crippen molar-refractivity contribution in [2.24, 2.45) is 0 Å². The van der Waals surface area contributed by atoms with Gasteiger partial charge in [0.2, 0.25) is 0 Å². The van der Waals surface area contributed by atoms with E-state index in [1.54, 1.807) is 0 Å². The Labute approximate surface area is 234 Å². The maximum Gasteiger partial charge on any atom is 0.146 e. The third kappa shape index (κ3) is 2.69. The molecular formula is C37H22N4. The SMILES string of the molecule is c1ccc(-n2c3cc4c(cc3c3c5c(ccc32)c2nc3ccccc3n2c2cccnc52)Cc2ccccc2-4)cc1. The summed E-state index contributed by atoms with van der Waals surface area (Å²) < 4.78 is 4.70. The first-order chi connectivity index (χ1) is 20.3. The van der Waals surface area contributed by atoms with Gasteiger partial charge in [-0.3, -0.25) is 9.38 Å². The van der Waals surface area contributed by atoms with Gasteiger partial charge in [0.15, 0.2) is 0 Å². The highest BCUT2D eigenvalue weighted by molar-refractivity contribution is 6.30. The van der Waals surface area contributed by atoms with Crippen LogP contribution in [0.25, 0.3) is 77.1 Å². The summed E-state index contributed by atoms with van der Waals surface area (Å²) >= 11 is 0. The van der Waals surface area contributed by atoms with E-state index in [-0.39, 0.29) is 0 Å². The number of aromatic nitrogens is 4. The van der Waals surface area contributed by atoms with Crippen LogP contribution < -0.4 is 0 Å². The van der Waals surface area contributed by atoms with Crippen LogP contribution in [0.1, 0.15) is 11.1 Å². The Morgan fingerprint density at radius 1 is 0.561 bits per heavy atom. The summed E-state index contributed by atoms with van der Waals surface area (Å²) in [6.07, 6.45) is 2.87. The molecule has 0 radical (unpaired) electrons. The third-order valence-electron chi connectivity index (χ3n) is 8.92. The maximum atomic E-state index is 5.16. The molecular weight excluding hydrogens is 500 g/mol. The van der Waals surface area contributed by atoms with E-state index in [1.165, 1.54) is 44.1 Å². The average molecular weight is 523 g/mol. The number of pyridine rings is 2. The predicted octanol–water partition coefficient (Wildman–Crippen LogP) is 8.86. The van der Waals surface area contributed by atoms with Crippen LogP contribution in [0.4, 0.5) is 0 Å². The monoisotopic (exact) mass is 522 g/mol. The first-order valence-electron chi connectivity index (χ1n) is 14.1. The van der Waals surface area contributed by atoms with Gasteiger partial charge in [0.1, 0.15) is 5.65 Å². The van der Waals surface area contributed by atoms with Gasteiger partial charge in [0.05, 0.1) is 33.1 Å². The van der Waals surface area contributed by atoms with Gasteiger partial charge >= 0.3 is 0 Å². The van der Waals surface area contributed by atoms with Gasteiger partial charge in [-0.15, -0.1) is 0 Å². The molecule has 0 bridgehead atoms. The van der Waals surface area contributed by atoms with Crippen LogP contribution >= 0.6 is 0 Å². The predicted molar refractivity (Wildman–Crippen MR) is 168 cm³/mol. The zero-order chi connectivity index (χ0) is 26.7. The van der Waals surface area contributed by atoms with Gasteiger partial charge in [0, 0.05) is 33.4 Å². The van der Waals surface area contributed by atoms with E-state index in [9.17, 15) is 0 Å². The van der Waals surface area contributed by atoms with Crippen molar-refractivity contribution in [2.75, 3.05) is 0 Å². The Balaban J connectivity index is 1.47. The highest BCUT2D eigenvalue weighted by Crippen LogP contribution is 2.45. The summed E-state index contributed by atoms with van der Waals surface area (Å²) in [5, 5.41) is 4.78. The number of nitrogens with zero attached hydrogens (tertiary/aromatic N) is 4. The largest absolute Gasteiger partial charge is 0.309 e. The molecule has 0 amide bonds. The minimum atomic E-state index is 0.957. The second kappa shape index (κ2) is 7.58. The first kappa shape index (κ1) is 21.4. The lowest BCUT2D eigenvalue weighted by Crippen LogP contribution is -1.95. The molecule has 1 aliphatic rings. The van der Waals surface area contributed by atoms with Crippen LogP contribution in [0, 0.1) is 0 Å². The molecule has 5 aromatic carbocycles. The number of hydrogen-bond acceptors (Lipinski definition) is 2. The van der Waals surface area contributed by atoms with Crippen molar-refractivity contribution in [3.63, 3.8) is 0 Å². The van der Waals surface area contributed by atoms with E-state index in [0.29, 0.717) is 0 Å². The fourth-order valence-electron chi connectivity index (χ4n) is 7.25. The molecule has 0 atom stereocenters. The molecule has 190 valence electrons. The van der Waals surface area contributed by atoms with E-state index in [0.717, 1.165) is 50.6 Å². The third-order valence-corrected chi connectivity index (χ3v) is 8.92. The number of benzene rings is 5. The minimum Gasteiger partial charge on any atom is -0.309 e. The molecule has 9 aromatic rings. The number of imidazole rings is 1. The molecule has 41 heavy (non-hydrogen) atoms. The number of rotatable bonds is 1. The second-order valence-corrected chi connectivity index (χ2v) is 11.0. The lowest BCUT2D eigenvalue weighted by molar-refractivity contribution is 1.18. The van der Waals surface area contributed by atoms with Gasteiger partial charge in [0.25, 0.3) is 0 Å². The molecule has 4 nitrogen and oxygen atoms in total. The molecule has 0 saturated carbocycles. The second-order valence-electron chi connectivity index (χ2n) is 11.0. The van der Waals surface area contributed by atoms with Crippen molar-refractivity contribution in [1.82, 2.24) is 18.9 Å². The highest BCUT2D eigenvalue weighted by Gasteiger charge is 2.24. The summed E-state index contributed by atoms with van der Waals surface area (Å²) in [5.41, 5.74) is 14.2. The molecule has 4 aromatic heterocycles. The average Bonchev–Trinajstić information content (AvgIpc) is 3.69. The van der Waals surface area contributed by atoms with E-state index < -0.39 is 0 Å². The first-order valence-corrected chi connectivity index (χ1v) is 14.1. The molecule has 0 aliphatic heterocycles.